The van der Waals surface area contributed by atoms with Gasteiger partial charge in [0.1, 0.15) is 12.4 Å². The smallest absolute Gasteiger partial charge is 0.342 e. The zero-order valence-corrected chi connectivity index (χ0v) is 17.1. The predicted octanol–water partition coefficient (Wildman–Crippen LogP) is -0.216. The molecule has 0 radical (unpaired) electrons. The third-order valence-electron chi connectivity index (χ3n) is 5.77. The second-order valence-corrected chi connectivity index (χ2v) is 7.54. The van der Waals surface area contributed by atoms with Crippen molar-refractivity contribution in [3.63, 3.8) is 0 Å². The lowest BCUT2D eigenvalue weighted by Crippen LogP contribution is -2.52. The molecule has 1 aromatic heterocycles. The van der Waals surface area contributed by atoms with Crippen molar-refractivity contribution in [2.45, 2.75) is 52.6 Å². The van der Waals surface area contributed by atoms with E-state index in [0.29, 0.717) is 39.3 Å². The first kappa shape index (κ1) is 20.6. The first-order chi connectivity index (χ1) is 13.5. The maximum atomic E-state index is 12.7. The van der Waals surface area contributed by atoms with Gasteiger partial charge in [0.05, 0.1) is 6.54 Å². The van der Waals surface area contributed by atoms with Gasteiger partial charge >= 0.3 is 5.69 Å². The molecule has 156 valence electrons. The van der Waals surface area contributed by atoms with Crippen molar-refractivity contribution in [2.24, 2.45) is 0 Å². The number of fused-ring (bicyclic) bond motifs is 1. The summed E-state index contributed by atoms with van der Waals surface area (Å²) < 4.78 is 3.04. The maximum absolute atomic E-state index is 12.7. The fraction of sp³-hybridized carbons (Fsp3) is 0.789. The lowest BCUT2D eigenvalue weighted by molar-refractivity contribution is -0.135. The molecule has 9 heteroatoms. The molecule has 1 saturated heterocycles. The Hall–Kier alpha value is -2.16. The van der Waals surface area contributed by atoms with Crippen molar-refractivity contribution in [3.05, 3.63) is 16.3 Å². The first-order valence-corrected chi connectivity index (χ1v) is 10.5. The molecule has 0 bridgehead atoms. The van der Waals surface area contributed by atoms with Gasteiger partial charge in [-0.05, 0) is 26.7 Å². The number of nitrogens with zero attached hydrogens (tertiary/aromatic N) is 6. The molecule has 1 aromatic rings. The normalized spacial score (nSPS) is 17.9. The van der Waals surface area contributed by atoms with Crippen LogP contribution < -0.4 is 5.69 Å². The summed E-state index contributed by atoms with van der Waals surface area (Å²) in [4.78, 5) is 43.1. The van der Waals surface area contributed by atoms with E-state index >= 15 is 0 Å². The summed E-state index contributed by atoms with van der Waals surface area (Å²) in [6, 6.07) is 0. The number of aromatic nitrogens is 3. The Morgan fingerprint density at radius 1 is 0.964 bits per heavy atom. The molecule has 2 aliphatic rings. The van der Waals surface area contributed by atoms with Crippen molar-refractivity contribution < 1.29 is 9.59 Å². The fourth-order valence-electron chi connectivity index (χ4n) is 3.98. The quantitative estimate of drug-likeness (QED) is 0.669. The van der Waals surface area contributed by atoms with Crippen LogP contribution in [-0.4, -0.2) is 86.7 Å². The molecule has 28 heavy (non-hydrogen) atoms. The SMILES string of the molecule is CCN(CC)C(=O)CN1CCN(C(=O)Cn2nc3n(c2=O)CCCCC3)CC1. The van der Waals surface area contributed by atoms with E-state index in [0.717, 1.165) is 44.6 Å². The lowest BCUT2D eigenvalue weighted by atomic mass is 10.2. The summed E-state index contributed by atoms with van der Waals surface area (Å²) in [6.45, 7) is 9.00. The van der Waals surface area contributed by atoms with E-state index in [2.05, 4.69) is 10.00 Å². The van der Waals surface area contributed by atoms with Gasteiger partial charge in [-0.15, -0.1) is 0 Å². The number of carbonyl (C=O) groups is 2. The van der Waals surface area contributed by atoms with Gasteiger partial charge in [-0.1, -0.05) is 6.42 Å². The fourth-order valence-corrected chi connectivity index (χ4v) is 3.98. The van der Waals surface area contributed by atoms with Crippen LogP contribution in [0.4, 0.5) is 0 Å². The molecule has 0 saturated carbocycles. The second-order valence-electron chi connectivity index (χ2n) is 7.54. The summed E-state index contributed by atoms with van der Waals surface area (Å²) in [6.07, 6.45) is 3.94. The van der Waals surface area contributed by atoms with Crippen LogP contribution in [0.1, 0.15) is 38.9 Å². The number of hydrogen-bond acceptors (Lipinski definition) is 5. The maximum Gasteiger partial charge on any atom is 0.346 e. The zero-order valence-electron chi connectivity index (χ0n) is 17.1. The van der Waals surface area contributed by atoms with Crippen molar-refractivity contribution in [3.8, 4) is 0 Å². The van der Waals surface area contributed by atoms with Crippen LogP contribution in [0.5, 0.6) is 0 Å². The summed E-state index contributed by atoms with van der Waals surface area (Å²) in [7, 11) is 0. The molecular formula is C19H32N6O3. The van der Waals surface area contributed by atoms with Crippen molar-refractivity contribution >= 4 is 11.8 Å². The standard InChI is InChI=1S/C19H32N6O3/c1-3-22(4-2)17(26)14-21-10-12-23(13-11-21)18(27)15-25-19(28)24-9-7-5-6-8-16(24)20-25/h3-15H2,1-2H3. The van der Waals surface area contributed by atoms with Gasteiger partial charge in [0.2, 0.25) is 11.8 Å². The minimum Gasteiger partial charge on any atom is -0.342 e. The topological polar surface area (TPSA) is 83.7 Å². The molecule has 0 unspecified atom stereocenters. The van der Waals surface area contributed by atoms with Gasteiger partial charge in [0.25, 0.3) is 0 Å². The van der Waals surface area contributed by atoms with Gasteiger partial charge in [-0.25, -0.2) is 9.48 Å². The summed E-state index contributed by atoms with van der Waals surface area (Å²) in [5, 5.41) is 4.40. The number of piperazine rings is 1. The molecule has 1 fully saturated rings. The third-order valence-corrected chi connectivity index (χ3v) is 5.77. The Morgan fingerprint density at radius 2 is 1.68 bits per heavy atom. The van der Waals surface area contributed by atoms with Gasteiger partial charge < -0.3 is 9.80 Å². The summed E-state index contributed by atoms with van der Waals surface area (Å²) in [5.74, 6) is 0.857. The van der Waals surface area contributed by atoms with Gasteiger partial charge in [-0.2, -0.15) is 5.10 Å². The molecule has 0 N–H and O–H groups in total. The van der Waals surface area contributed by atoms with Crippen LogP contribution in [-0.2, 0) is 29.1 Å². The first-order valence-electron chi connectivity index (χ1n) is 10.5. The number of hydrogen-bond donors (Lipinski definition) is 0. The highest BCUT2D eigenvalue weighted by Crippen LogP contribution is 2.10. The molecule has 0 aliphatic carbocycles. The molecule has 2 amide bonds. The van der Waals surface area contributed by atoms with Crippen LogP contribution in [0.3, 0.4) is 0 Å². The molecule has 9 nitrogen and oxygen atoms in total. The average Bonchev–Trinajstić information content (AvgIpc) is 2.86. The van der Waals surface area contributed by atoms with E-state index in [9.17, 15) is 14.4 Å². The predicted molar refractivity (Wildman–Crippen MR) is 105 cm³/mol. The number of amides is 2. The van der Waals surface area contributed by atoms with E-state index in [1.807, 2.05) is 18.7 Å². The Kier molecular flexibility index (Phi) is 6.88. The molecule has 0 aromatic carbocycles. The Bertz CT molecular complexity index is 743. The minimum absolute atomic E-state index is 0.00277. The Balaban J connectivity index is 1.52. The van der Waals surface area contributed by atoms with E-state index < -0.39 is 0 Å². The monoisotopic (exact) mass is 392 g/mol. The average molecular weight is 393 g/mol. The van der Waals surface area contributed by atoms with E-state index in [1.54, 1.807) is 9.47 Å². The third kappa shape index (κ3) is 4.63. The number of likely N-dealkylation sites (N-methyl/N-ethyl adjacent to an activating group) is 1. The number of aryl methyl sites for hydroxylation is 1. The van der Waals surface area contributed by atoms with Crippen LogP contribution >= 0.6 is 0 Å². The van der Waals surface area contributed by atoms with Crippen LogP contribution in [0.25, 0.3) is 0 Å². The van der Waals surface area contributed by atoms with Crippen molar-refractivity contribution in [1.29, 1.82) is 0 Å². The van der Waals surface area contributed by atoms with E-state index in [-0.39, 0.29) is 24.0 Å². The summed E-state index contributed by atoms with van der Waals surface area (Å²) in [5.41, 5.74) is -0.172. The Morgan fingerprint density at radius 3 is 2.36 bits per heavy atom. The Labute approximate surface area is 165 Å². The van der Waals surface area contributed by atoms with Gasteiger partial charge in [0, 0.05) is 52.2 Å². The van der Waals surface area contributed by atoms with Crippen molar-refractivity contribution in [1.82, 2.24) is 29.0 Å². The number of rotatable bonds is 6. The second kappa shape index (κ2) is 9.36. The molecule has 3 rings (SSSR count). The summed E-state index contributed by atoms with van der Waals surface area (Å²) >= 11 is 0. The van der Waals surface area contributed by atoms with Crippen molar-refractivity contribution in [2.75, 3.05) is 45.8 Å². The highest BCUT2D eigenvalue weighted by atomic mass is 16.2. The van der Waals surface area contributed by atoms with Crippen LogP contribution in [0, 0.1) is 0 Å². The van der Waals surface area contributed by atoms with E-state index in [1.165, 1.54) is 4.68 Å². The number of carbonyl (C=O) groups excluding carboxylic acids is 2. The van der Waals surface area contributed by atoms with E-state index in [4.69, 9.17) is 0 Å². The minimum atomic E-state index is -0.172. The highest BCUT2D eigenvalue weighted by molar-refractivity contribution is 5.78. The highest BCUT2D eigenvalue weighted by Gasteiger charge is 2.25. The molecule has 3 heterocycles. The molecule has 0 atom stereocenters. The molecule has 2 aliphatic heterocycles. The van der Waals surface area contributed by atoms with Crippen LogP contribution in [0.15, 0.2) is 4.79 Å². The van der Waals surface area contributed by atoms with Gasteiger partial charge in [0.15, 0.2) is 0 Å². The van der Waals surface area contributed by atoms with Crippen LogP contribution in [0.2, 0.25) is 0 Å². The molecule has 0 spiro atoms. The lowest BCUT2D eigenvalue weighted by Gasteiger charge is -2.35. The zero-order chi connectivity index (χ0) is 20.1. The largest absolute Gasteiger partial charge is 0.346 e. The van der Waals surface area contributed by atoms with Gasteiger partial charge in [-0.3, -0.25) is 19.1 Å². The molecular weight excluding hydrogens is 360 g/mol.